The van der Waals surface area contributed by atoms with Gasteiger partial charge in [-0.3, -0.25) is 0 Å². The molecule has 0 saturated carbocycles. The number of rotatable bonds is 4. The van der Waals surface area contributed by atoms with Gasteiger partial charge in [0.1, 0.15) is 13.3 Å². The lowest BCUT2D eigenvalue weighted by Crippen LogP contribution is -2.32. The molecule has 0 amide bonds. The van der Waals surface area contributed by atoms with Crippen LogP contribution >= 0.6 is 0 Å². The second-order valence-electron chi connectivity index (χ2n) is 5.25. The average molecular weight is 329 g/mol. The monoisotopic (exact) mass is 329 g/mol. The van der Waals surface area contributed by atoms with Crippen LogP contribution in [0.4, 0.5) is 0 Å². The molecule has 6 nitrogen and oxygen atoms in total. The van der Waals surface area contributed by atoms with Gasteiger partial charge in [-0.15, -0.1) is 4.24 Å². The molecule has 6 heteroatoms. The number of hydrogen-bond donors (Lipinski definition) is 0. The number of aromatic nitrogens is 1. The summed E-state index contributed by atoms with van der Waals surface area (Å²) in [6.45, 7) is 14.5. The van der Waals surface area contributed by atoms with E-state index >= 15 is 0 Å². The molecule has 24 heavy (non-hydrogen) atoms. The van der Waals surface area contributed by atoms with Crippen LogP contribution in [0.2, 0.25) is 0 Å². The number of oxazole rings is 1. The highest BCUT2D eigenvalue weighted by molar-refractivity contribution is 5.79. The van der Waals surface area contributed by atoms with Crippen LogP contribution in [0, 0.1) is 19.5 Å². The first-order valence-corrected chi connectivity index (χ1v) is 7.85. The molecule has 0 bridgehead atoms. The van der Waals surface area contributed by atoms with E-state index < -0.39 is 0 Å². The lowest BCUT2D eigenvalue weighted by Gasteiger charge is -2.16. The summed E-state index contributed by atoms with van der Waals surface area (Å²) in [4.78, 5) is 0. The van der Waals surface area contributed by atoms with Gasteiger partial charge in [0.05, 0.1) is 12.2 Å². The van der Waals surface area contributed by atoms with E-state index in [-0.39, 0.29) is 0 Å². The van der Waals surface area contributed by atoms with Crippen molar-refractivity contribution in [2.24, 2.45) is 0 Å². The van der Waals surface area contributed by atoms with Crippen molar-refractivity contribution >= 4 is 18.3 Å². The molecular formula is C18H21N2O4+. The third kappa shape index (κ3) is 3.08. The van der Waals surface area contributed by atoms with Gasteiger partial charge in [-0.1, -0.05) is 18.9 Å². The van der Waals surface area contributed by atoms with Crippen molar-refractivity contribution in [3.63, 3.8) is 0 Å². The van der Waals surface area contributed by atoms with Crippen molar-refractivity contribution in [1.82, 2.24) is 0 Å². The first-order valence-electron chi connectivity index (χ1n) is 7.85. The van der Waals surface area contributed by atoms with Gasteiger partial charge in [0.2, 0.25) is 0 Å². The van der Waals surface area contributed by atoms with Crippen LogP contribution in [0.1, 0.15) is 20.3 Å². The molecule has 3 rings (SSSR count). The fraction of sp³-hybridized carbons (Fsp3) is 0.278. The van der Waals surface area contributed by atoms with E-state index in [1.807, 2.05) is 32.1 Å². The maximum Gasteiger partial charge on any atom is 0.447 e. The molecule has 0 aromatic carbocycles. The lowest BCUT2D eigenvalue weighted by molar-refractivity contribution is -0.621. The Morgan fingerprint density at radius 3 is 2.88 bits per heavy atom. The molecule has 1 aliphatic carbocycles. The Hall–Kier alpha value is -2.89. The molecule has 0 spiro atoms. The summed E-state index contributed by atoms with van der Waals surface area (Å²) in [5.41, 5.74) is 2.47. The third-order valence-electron chi connectivity index (χ3n) is 3.50. The number of esters is 1. The van der Waals surface area contributed by atoms with Gasteiger partial charge >= 0.3 is 17.5 Å². The molecule has 0 saturated heterocycles. The van der Waals surface area contributed by atoms with Crippen molar-refractivity contribution in [2.45, 2.75) is 20.3 Å². The Balaban J connectivity index is 1.97. The molecule has 2 heterocycles. The second-order valence-corrected chi connectivity index (χ2v) is 5.25. The van der Waals surface area contributed by atoms with Crippen LogP contribution in [0.5, 0.6) is 5.95 Å². The van der Waals surface area contributed by atoms with Crippen LogP contribution in [-0.2, 0) is 9.16 Å². The Morgan fingerprint density at radius 2 is 2.12 bits per heavy atom. The smallest absolute Gasteiger partial charge is 0.447 e. The van der Waals surface area contributed by atoms with Gasteiger partial charge in [0.25, 0.3) is 12.4 Å². The topological polar surface area (TPSA) is 51.8 Å². The number of hydrogen-bond acceptors (Lipinski definition) is 3. The van der Waals surface area contributed by atoms with Gasteiger partial charge in [0.15, 0.2) is 6.61 Å². The quantitative estimate of drug-likeness (QED) is 0.360. The molecule has 2 aliphatic rings. The molecule has 1 aliphatic heterocycles. The van der Waals surface area contributed by atoms with Crippen molar-refractivity contribution in [2.75, 3.05) is 13.2 Å². The molecular weight excluding hydrogens is 308 g/mol. The van der Waals surface area contributed by atoms with E-state index in [4.69, 9.17) is 18.3 Å². The SMILES string of the molecule is C=[N+]1[CH-]C(OCC)=[O+][C-]1C1=CC(=c2oc(OCC)c[n+]2=C)C=CC1. The van der Waals surface area contributed by atoms with Crippen LogP contribution in [0.3, 0.4) is 0 Å². The summed E-state index contributed by atoms with van der Waals surface area (Å²) in [5.74, 6) is 0.885. The molecule has 0 radical (unpaired) electrons. The fourth-order valence-electron chi connectivity index (χ4n) is 2.51. The van der Waals surface area contributed by atoms with Gasteiger partial charge < -0.3 is 22.9 Å². The van der Waals surface area contributed by atoms with Crippen molar-refractivity contribution in [1.29, 1.82) is 0 Å². The minimum Gasteiger partial charge on any atom is -0.461 e. The highest BCUT2D eigenvalue weighted by Crippen LogP contribution is 2.27. The van der Waals surface area contributed by atoms with E-state index in [2.05, 4.69) is 13.4 Å². The molecule has 0 fully saturated rings. The first kappa shape index (κ1) is 16.0. The molecule has 0 unspecified atom stereocenters. The molecule has 1 aromatic rings. The highest BCUT2D eigenvalue weighted by Gasteiger charge is 2.30. The maximum atomic E-state index is 5.74. The highest BCUT2D eigenvalue weighted by atomic mass is 16.6. The summed E-state index contributed by atoms with van der Waals surface area (Å²) in [6.07, 6.45) is 9.10. The standard InChI is InChI=1S/C18H21N2O4/c1-5-21-15-11-19(3)17(23-15)13-8-7-9-14(10-13)18-20(4)12-16(24-18)22-6-2/h7-8,10-12H,3-6,9H2,1-2H3/q+1. The van der Waals surface area contributed by atoms with Crippen molar-refractivity contribution in [3.8, 4) is 5.95 Å². The zero-order chi connectivity index (χ0) is 17.1. The Labute approximate surface area is 140 Å². The van der Waals surface area contributed by atoms with E-state index in [9.17, 15) is 0 Å². The Kier molecular flexibility index (Phi) is 4.46. The van der Waals surface area contributed by atoms with E-state index in [0.29, 0.717) is 36.9 Å². The number of allylic oxidation sites excluding steroid dienone is 3. The predicted molar refractivity (Wildman–Crippen MR) is 87.3 cm³/mol. The molecule has 0 atom stereocenters. The van der Waals surface area contributed by atoms with Crippen molar-refractivity contribution < 1.29 is 27.1 Å². The Bertz CT molecular complexity index is 845. The largest absolute Gasteiger partial charge is 0.461 e. The van der Waals surface area contributed by atoms with E-state index in [1.54, 1.807) is 21.6 Å². The predicted octanol–water partition coefficient (Wildman–Crippen LogP) is 1.12. The fourth-order valence-corrected chi connectivity index (χ4v) is 2.51. The number of carbonyl (C=O) groups excluding carboxylic acids is 1. The Morgan fingerprint density at radius 1 is 1.33 bits per heavy atom. The molecule has 0 N–H and O–H groups in total. The first-order chi connectivity index (χ1) is 11.6. The van der Waals surface area contributed by atoms with Gasteiger partial charge in [0, 0.05) is 0 Å². The normalized spacial score (nSPS) is 19.1. The summed E-state index contributed by atoms with van der Waals surface area (Å²) in [5, 5.41) is 0. The third-order valence-corrected chi connectivity index (χ3v) is 3.50. The minimum atomic E-state index is 0.438. The molecule has 1 aromatic heterocycles. The van der Waals surface area contributed by atoms with Crippen LogP contribution in [0.15, 0.2) is 34.4 Å². The van der Waals surface area contributed by atoms with E-state index in [1.165, 1.54) is 0 Å². The zero-order valence-corrected chi connectivity index (χ0v) is 13.9. The lowest BCUT2D eigenvalue weighted by atomic mass is 10.0. The van der Waals surface area contributed by atoms with E-state index in [0.717, 1.165) is 17.6 Å². The second kappa shape index (κ2) is 6.70. The summed E-state index contributed by atoms with van der Waals surface area (Å²) < 4.78 is 25.5. The van der Waals surface area contributed by atoms with Gasteiger partial charge in [-0.25, -0.2) is 0 Å². The van der Waals surface area contributed by atoms with Gasteiger partial charge in [-0.05, 0) is 31.9 Å². The average Bonchev–Trinajstić information content (AvgIpc) is 3.11. The maximum absolute atomic E-state index is 5.74. The number of ether oxygens (including phenoxy) is 2. The number of nitrogens with zero attached hydrogens (tertiary/aromatic N) is 2. The van der Waals surface area contributed by atoms with Gasteiger partial charge in [-0.2, -0.15) is 0 Å². The van der Waals surface area contributed by atoms with Crippen molar-refractivity contribution in [3.05, 3.63) is 55.0 Å². The summed E-state index contributed by atoms with van der Waals surface area (Å²) in [7, 11) is 0. The summed E-state index contributed by atoms with van der Waals surface area (Å²) >= 11 is 0. The van der Waals surface area contributed by atoms with Crippen LogP contribution in [0.25, 0.3) is 5.57 Å². The van der Waals surface area contributed by atoms with Crippen LogP contribution < -0.4 is 14.5 Å². The zero-order valence-electron chi connectivity index (χ0n) is 13.9. The molecule has 126 valence electrons. The minimum absolute atomic E-state index is 0.438. The summed E-state index contributed by atoms with van der Waals surface area (Å²) in [6, 6.07) is 0. The van der Waals surface area contributed by atoms with Crippen LogP contribution in [-0.4, -0.2) is 30.5 Å².